The maximum Gasteiger partial charge on any atom is 0.267 e. The van der Waals surface area contributed by atoms with Gasteiger partial charge in [0.05, 0.1) is 12.6 Å². The van der Waals surface area contributed by atoms with Gasteiger partial charge in [-0.25, -0.2) is 0 Å². The van der Waals surface area contributed by atoms with Crippen LogP contribution in [0, 0.1) is 0 Å². The zero-order valence-corrected chi connectivity index (χ0v) is 10.3. The SMILES string of the molecule is O=C(Cc1c[nH][nH]c1=O)NC1CCc2cn[nH]c2C1. The molecule has 0 saturated carbocycles. The Bertz CT molecular complexity index is 638. The van der Waals surface area contributed by atoms with E-state index in [0.717, 1.165) is 25.0 Å². The van der Waals surface area contributed by atoms with E-state index in [2.05, 4.69) is 25.7 Å². The first kappa shape index (κ1) is 11.8. The number of nitrogens with zero attached hydrogens (tertiary/aromatic N) is 1. The molecular formula is C12H15N5O2. The average Bonchev–Trinajstić information content (AvgIpc) is 2.98. The molecule has 1 unspecified atom stereocenters. The molecule has 19 heavy (non-hydrogen) atoms. The van der Waals surface area contributed by atoms with Crippen LogP contribution in [0.2, 0.25) is 0 Å². The summed E-state index contributed by atoms with van der Waals surface area (Å²) in [5.74, 6) is -0.127. The maximum atomic E-state index is 11.9. The number of fused-ring (bicyclic) bond motifs is 1. The van der Waals surface area contributed by atoms with E-state index in [-0.39, 0.29) is 23.9 Å². The summed E-state index contributed by atoms with van der Waals surface area (Å²) >= 11 is 0. The molecule has 1 atom stereocenters. The van der Waals surface area contributed by atoms with Crippen molar-refractivity contribution in [3.05, 3.63) is 39.6 Å². The zero-order chi connectivity index (χ0) is 13.2. The highest BCUT2D eigenvalue weighted by Gasteiger charge is 2.21. The van der Waals surface area contributed by atoms with Crippen molar-refractivity contribution in [2.45, 2.75) is 31.7 Å². The summed E-state index contributed by atoms with van der Waals surface area (Å²) in [7, 11) is 0. The zero-order valence-electron chi connectivity index (χ0n) is 10.3. The summed E-state index contributed by atoms with van der Waals surface area (Å²) in [4.78, 5) is 23.2. The fraction of sp³-hybridized carbons (Fsp3) is 0.417. The third-order valence-corrected chi connectivity index (χ3v) is 3.46. The third-order valence-electron chi connectivity index (χ3n) is 3.46. The van der Waals surface area contributed by atoms with Crippen LogP contribution >= 0.6 is 0 Å². The number of H-pyrrole nitrogens is 3. The highest BCUT2D eigenvalue weighted by molar-refractivity contribution is 5.78. The molecule has 100 valence electrons. The van der Waals surface area contributed by atoms with Gasteiger partial charge in [-0.15, -0.1) is 0 Å². The molecule has 2 aromatic rings. The minimum atomic E-state index is -0.241. The summed E-state index contributed by atoms with van der Waals surface area (Å²) in [5.41, 5.74) is 2.54. The molecule has 0 aromatic carbocycles. The van der Waals surface area contributed by atoms with Crippen molar-refractivity contribution in [3.8, 4) is 0 Å². The Morgan fingerprint density at radius 2 is 2.42 bits per heavy atom. The number of aryl methyl sites for hydroxylation is 1. The Labute approximate surface area is 108 Å². The smallest absolute Gasteiger partial charge is 0.267 e. The number of nitrogens with one attached hydrogen (secondary N) is 4. The molecule has 3 rings (SSSR count). The second-order valence-corrected chi connectivity index (χ2v) is 4.83. The highest BCUT2D eigenvalue weighted by Crippen LogP contribution is 2.18. The number of rotatable bonds is 3. The van der Waals surface area contributed by atoms with Crippen molar-refractivity contribution in [1.82, 2.24) is 25.7 Å². The number of carbonyl (C=O) groups excluding carboxylic acids is 1. The van der Waals surface area contributed by atoms with Crippen LogP contribution in [0.1, 0.15) is 23.2 Å². The lowest BCUT2D eigenvalue weighted by atomic mass is 9.93. The van der Waals surface area contributed by atoms with Crippen LogP contribution in [0.5, 0.6) is 0 Å². The van der Waals surface area contributed by atoms with Gasteiger partial charge >= 0.3 is 0 Å². The molecule has 0 bridgehead atoms. The monoisotopic (exact) mass is 261 g/mol. The predicted octanol–water partition coefficient (Wildman–Crippen LogP) is -0.358. The second-order valence-electron chi connectivity index (χ2n) is 4.83. The van der Waals surface area contributed by atoms with Crippen LogP contribution in [0.3, 0.4) is 0 Å². The number of hydrogen-bond acceptors (Lipinski definition) is 3. The summed E-state index contributed by atoms with van der Waals surface area (Å²) in [6.45, 7) is 0. The molecule has 1 aliphatic rings. The minimum absolute atomic E-state index is 0.102. The summed E-state index contributed by atoms with van der Waals surface area (Å²) in [6, 6.07) is 0.110. The van der Waals surface area contributed by atoms with Gasteiger partial charge in [-0.05, 0) is 18.4 Å². The lowest BCUT2D eigenvalue weighted by molar-refractivity contribution is -0.121. The van der Waals surface area contributed by atoms with E-state index >= 15 is 0 Å². The molecule has 0 radical (unpaired) electrons. The Morgan fingerprint density at radius 1 is 1.53 bits per heavy atom. The maximum absolute atomic E-state index is 11.9. The van der Waals surface area contributed by atoms with Crippen molar-refractivity contribution in [2.75, 3.05) is 0 Å². The van der Waals surface area contributed by atoms with Crippen LogP contribution in [0.4, 0.5) is 0 Å². The van der Waals surface area contributed by atoms with E-state index in [0.29, 0.717) is 5.56 Å². The van der Waals surface area contributed by atoms with Gasteiger partial charge in [0.1, 0.15) is 0 Å². The molecule has 0 spiro atoms. The van der Waals surface area contributed by atoms with Gasteiger partial charge in [-0.3, -0.25) is 19.8 Å². The fourth-order valence-corrected chi connectivity index (χ4v) is 2.45. The van der Waals surface area contributed by atoms with E-state index in [1.54, 1.807) is 0 Å². The quantitative estimate of drug-likeness (QED) is 0.606. The Morgan fingerprint density at radius 3 is 3.21 bits per heavy atom. The fourth-order valence-electron chi connectivity index (χ4n) is 2.45. The molecule has 0 aliphatic heterocycles. The molecule has 2 heterocycles. The first-order valence-corrected chi connectivity index (χ1v) is 6.28. The molecule has 4 N–H and O–H groups in total. The molecule has 0 saturated heterocycles. The Balaban J connectivity index is 1.59. The van der Waals surface area contributed by atoms with Crippen LogP contribution in [-0.4, -0.2) is 32.3 Å². The van der Waals surface area contributed by atoms with Crippen molar-refractivity contribution >= 4 is 5.91 Å². The average molecular weight is 261 g/mol. The van der Waals surface area contributed by atoms with Crippen LogP contribution < -0.4 is 10.9 Å². The van der Waals surface area contributed by atoms with Gasteiger partial charge in [0.25, 0.3) is 5.56 Å². The van der Waals surface area contributed by atoms with Gasteiger partial charge in [-0.2, -0.15) is 5.10 Å². The second kappa shape index (κ2) is 4.75. The van der Waals surface area contributed by atoms with Gasteiger partial charge in [0.2, 0.25) is 5.91 Å². The van der Waals surface area contributed by atoms with Crippen LogP contribution in [-0.2, 0) is 24.1 Å². The van der Waals surface area contributed by atoms with Crippen molar-refractivity contribution < 1.29 is 4.79 Å². The molecule has 7 heteroatoms. The third kappa shape index (κ3) is 2.44. The van der Waals surface area contributed by atoms with E-state index in [4.69, 9.17) is 0 Å². The highest BCUT2D eigenvalue weighted by atomic mass is 16.2. The lowest BCUT2D eigenvalue weighted by Gasteiger charge is -2.22. The lowest BCUT2D eigenvalue weighted by Crippen LogP contribution is -2.40. The van der Waals surface area contributed by atoms with Gasteiger partial charge in [0, 0.05) is 29.9 Å². The van der Waals surface area contributed by atoms with Gasteiger partial charge in [0.15, 0.2) is 0 Å². The summed E-state index contributed by atoms with van der Waals surface area (Å²) in [5, 5.41) is 14.9. The van der Waals surface area contributed by atoms with E-state index in [1.807, 2.05) is 6.20 Å². The van der Waals surface area contributed by atoms with E-state index in [9.17, 15) is 9.59 Å². The molecule has 2 aromatic heterocycles. The summed E-state index contributed by atoms with van der Waals surface area (Å²) in [6.07, 6.45) is 6.06. The van der Waals surface area contributed by atoms with Crippen molar-refractivity contribution in [1.29, 1.82) is 0 Å². The van der Waals surface area contributed by atoms with Gasteiger partial charge in [-0.1, -0.05) is 0 Å². The minimum Gasteiger partial charge on any atom is -0.353 e. The number of aromatic nitrogens is 4. The van der Waals surface area contributed by atoms with Crippen molar-refractivity contribution in [3.63, 3.8) is 0 Å². The molecule has 1 amide bonds. The standard InChI is InChI=1S/C12H15N5O2/c18-11(3-8-6-14-17-12(8)19)15-9-2-1-7-5-13-16-10(7)4-9/h5-6,9H,1-4H2,(H,13,16)(H,15,18)(H2,14,17,19). The van der Waals surface area contributed by atoms with Crippen molar-refractivity contribution in [2.24, 2.45) is 0 Å². The van der Waals surface area contributed by atoms with Crippen LogP contribution in [0.25, 0.3) is 0 Å². The first-order chi connectivity index (χ1) is 9.22. The topological polar surface area (TPSA) is 106 Å². The predicted molar refractivity (Wildman–Crippen MR) is 67.7 cm³/mol. The number of amides is 1. The molecule has 0 fully saturated rings. The largest absolute Gasteiger partial charge is 0.353 e. The Hall–Kier alpha value is -2.31. The molecular weight excluding hydrogens is 246 g/mol. The number of aromatic amines is 3. The van der Waals surface area contributed by atoms with E-state index < -0.39 is 0 Å². The normalized spacial score (nSPS) is 18.0. The number of hydrogen-bond donors (Lipinski definition) is 4. The van der Waals surface area contributed by atoms with Gasteiger partial charge < -0.3 is 10.4 Å². The Kier molecular flexibility index (Phi) is 2.94. The number of carbonyl (C=O) groups is 1. The molecule has 7 nitrogen and oxygen atoms in total. The van der Waals surface area contributed by atoms with E-state index in [1.165, 1.54) is 11.8 Å². The molecule has 1 aliphatic carbocycles. The van der Waals surface area contributed by atoms with Crippen LogP contribution in [0.15, 0.2) is 17.2 Å². The first-order valence-electron chi connectivity index (χ1n) is 6.28. The summed E-state index contributed by atoms with van der Waals surface area (Å²) < 4.78 is 0.